The van der Waals surface area contributed by atoms with Gasteiger partial charge in [0, 0.05) is 6.07 Å². The fraction of sp³-hybridized carbons (Fsp3) is 0.564. The van der Waals surface area contributed by atoms with Gasteiger partial charge in [-0.15, -0.1) is 0 Å². The summed E-state index contributed by atoms with van der Waals surface area (Å²) in [4.78, 5) is 13.1. The summed E-state index contributed by atoms with van der Waals surface area (Å²) in [5.41, 5.74) is 5.09. The number of hydrogen-bond donors (Lipinski definition) is 0. The molecule has 0 saturated carbocycles. The lowest BCUT2D eigenvalue weighted by Gasteiger charge is -2.14. The van der Waals surface area contributed by atoms with Crippen LogP contribution >= 0.6 is 0 Å². The molecular formula is C39H58O5. The van der Waals surface area contributed by atoms with Gasteiger partial charge in [-0.2, -0.15) is 0 Å². The number of allylic oxidation sites excluding steroid dienone is 6. The second-order valence-corrected chi connectivity index (χ2v) is 12.4. The van der Waals surface area contributed by atoms with Gasteiger partial charge in [-0.3, -0.25) is 0 Å². The fourth-order valence-electron chi connectivity index (χ4n) is 4.83. The van der Waals surface area contributed by atoms with E-state index in [1.54, 1.807) is 6.07 Å². The summed E-state index contributed by atoms with van der Waals surface area (Å²) < 4.78 is 24.0. The van der Waals surface area contributed by atoms with Crippen molar-refractivity contribution in [1.82, 2.24) is 0 Å². The van der Waals surface area contributed by atoms with Crippen molar-refractivity contribution in [1.29, 1.82) is 0 Å². The number of benzene rings is 1. The number of rotatable bonds is 22. The minimum Gasteiger partial charge on any atom is -0.489 e. The third kappa shape index (κ3) is 15.0. The topological polar surface area (TPSA) is 57.9 Å². The maximum atomic E-state index is 13.1. The van der Waals surface area contributed by atoms with Gasteiger partial charge in [0.15, 0.2) is 5.75 Å². The van der Waals surface area contributed by atoms with E-state index in [0.29, 0.717) is 42.3 Å². The first kappa shape index (κ1) is 37.0. The van der Waals surface area contributed by atoms with Crippen LogP contribution in [-0.2, 0) is 0 Å². The fourth-order valence-corrected chi connectivity index (χ4v) is 4.83. The van der Waals surface area contributed by atoms with E-state index in [4.69, 9.17) is 18.6 Å². The zero-order valence-corrected chi connectivity index (χ0v) is 28.7. The third-order valence-corrected chi connectivity index (χ3v) is 7.56. The van der Waals surface area contributed by atoms with Gasteiger partial charge < -0.3 is 18.6 Å². The van der Waals surface area contributed by atoms with Crippen molar-refractivity contribution in [3.63, 3.8) is 0 Å². The average Bonchev–Trinajstić information content (AvgIpc) is 2.96. The molecule has 44 heavy (non-hydrogen) atoms. The lowest BCUT2D eigenvalue weighted by Crippen LogP contribution is -2.11. The zero-order chi connectivity index (χ0) is 32.2. The van der Waals surface area contributed by atoms with Crippen LogP contribution in [0.1, 0.15) is 126 Å². The van der Waals surface area contributed by atoms with E-state index < -0.39 is 5.63 Å². The van der Waals surface area contributed by atoms with Crippen LogP contribution in [0.3, 0.4) is 0 Å². The predicted molar refractivity (Wildman–Crippen MR) is 186 cm³/mol. The van der Waals surface area contributed by atoms with Crippen LogP contribution in [0.2, 0.25) is 0 Å². The van der Waals surface area contributed by atoms with Crippen LogP contribution in [-0.4, -0.2) is 19.8 Å². The molecular weight excluding hydrogens is 548 g/mol. The Kier molecular flexibility index (Phi) is 18.1. The molecule has 0 unspecified atom stereocenters. The maximum Gasteiger partial charge on any atom is 0.383 e. The van der Waals surface area contributed by atoms with Gasteiger partial charge in [0.1, 0.15) is 24.5 Å². The summed E-state index contributed by atoms with van der Waals surface area (Å²) in [5.74, 6) is 1.23. The molecule has 5 heteroatoms. The highest BCUT2D eigenvalue weighted by Gasteiger charge is 2.18. The lowest BCUT2D eigenvalue weighted by molar-refractivity contribution is 0.264. The molecule has 1 aromatic heterocycles. The summed E-state index contributed by atoms with van der Waals surface area (Å²) in [6, 6.07) is 5.55. The van der Waals surface area contributed by atoms with Gasteiger partial charge in [-0.1, -0.05) is 86.3 Å². The Morgan fingerprint density at radius 2 is 1.25 bits per heavy atom. The van der Waals surface area contributed by atoms with Crippen LogP contribution in [0.15, 0.2) is 74.0 Å². The second kappa shape index (κ2) is 21.5. The first-order chi connectivity index (χ1) is 21.2. The lowest BCUT2D eigenvalue weighted by atomic mass is 10.1. The van der Waals surface area contributed by atoms with E-state index in [0.717, 1.165) is 38.5 Å². The SMILES string of the molecule is CCCCCCCCCCOc1c(OC/C=C(\C)CCC=C(C)C)c2ccc(OC/C=C(\C)CCC=C(C)C)cc2oc1=O. The molecule has 244 valence electrons. The second-order valence-electron chi connectivity index (χ2n) is 12.4. The molecule has 0 fully saturated rings. The van der Waals surface area contributed by atoms with Gasteiger partial charge in [0.2, 0.25) is 5.75 Å². The van der Waals surface area contributed by atoms with Gasteiger partial charge in [0.05, 0.1) is 12.0 Å². The van der Waals surface area contributed by atoms with Crippen LogP contribution in [0.25, 0.3) is 11.0 Å². The van der Waals surface area contributed by atoms with E-state index in [2.05, 4.69) is 72.8 Å². The van der Waals surface area contributed by atoms with E-state index >= 15 is 0 Å². The number of hydrogen-bond acceptors (Lipinski definition) is 5. The van der Waals surface area contributed by atoms with Gasteiger partial charge in [-0.05, 0) is 97.9 Å². The highest BCUT2D eigenvalue weighted by Crippen LogP contribution is 2.35. The first-order valence-electron chi connectivity index (χ1n) is 16.8. The van der Waals surface area contributed by atoms with Crippen molar-refractivity contribution in [2.24, 2.45) is 0 Å². The molecule has 0 amide bonds. The summed E-state index contributed by atoms with van der Waals surface area (Å²) in [6.45, 7) is 16.2. The molecule has 0 N–H and O–H groups in total. The minimum atomic E-state index is -0.525. The summed E-state index contributed by atoms with van der Waals surface area (Å²) in [7, 11) is 0. The van der Waals surface area contributed by atoms with Crippen molar-refractivity contribution in [3.05, 3.63) is 75.2 Å². The molecule has 0 aliphatic carbocycles. The maximum absolute atomic E-state index is 13.1. The monoisotopic (exact) mass is 606 g/mol. The average molecular weight is 607 g/mol. The smallest absolute Gasteiger partial charge is 0.383 e. The van der Waals surface area contributed by atoms with Gasteiger partial charge >= 0.3 is 5.63 Å². The van der Waals surface area contributed by atoms with Crippen molar-refractivity contribution in [2.75, 3.05) is 19.8 Å². The molecule has 0 aliphatic heterocycles. The summed E-state index contributed by atoms with van der Waals surface area (Å²) >= 11 is 0. The molecule has 2 rings (SSSR count). The Morgan fingerprint density at radius 3 is 1.84 bits per heavy atom. The Hall–Kier alpha value is -3.21. The highest BCUT2D eigenvalue weighted by molar-refractivity contribution is 5.86. The van der Waals surface area contributed by atoms with Gasteiger partial charge in [-0.25, -0.2) is 4.79 Å². The van der Waals surface area contributed by atoms with E-state index in [1.165, 1.54) is 60.8 Å². The quantitative estimate of drug-likeness (QED) is 0.0758. The van der Waals surface area contributed by atoms with Gasteiger partial charge in [0.25, 0.3) is 0 Å². The summed E-state index contributed by atoms with van der Waals surface area (Å²) in [5, 5.41) is 0.701. The third-order valence-electron chi connectivity index (χ3n) is 7.56. The van der Waals surface area contributed by atoms with Crippen molar-refractivity contribution >= 4 is 11.0 Å². The van der Waals surface area contributed by atoms with Crippen molar-refractivity contribution < 1.29 is 18.6 Å². The molecule has 5 nitrogen and oxygen atoms in total. The Labute approximate surface area is 267 Å². The molecule has 2 aromatic rings. The van der Waals surface area contributed by atoms with Crippen LogP contribution in [0, 0.1) is 0 Å². The molecule has 0 saturated heterocycles. The van der Waals surface area contributed by atoms with E-state index in [-0.39, 0.29) is 5.75 Å². The minimum absolute atomic E-state index is 0.152. The Morgan fingerprint density at radius 1 is 0.682 bits per heavy atom. The molecule has 1 heterocycles. The predicted octanol–water partition coefficient (Wildman–Crippen LogP) is 11.5. The highest BCUT2D eigenvalue weighted by atomic mass is 16.5. The molecule has 0 spiro atoms. The Bertz CT molecular complexity index is 1300. The molecule has 0 atom stereocenters. The standard InChI is InChI=1S/C39H58O5/c1-8-9-10-11-12-13-14-15-26-42-38-37(43-28-25-33(7)21-17-19-31(4)5)35-23-22-34(29-36(35)44-39(38)40)41-27-24-32(6)20-16-18-30(2)3/h18-19,22-25,29H,8-17,20-21,26-28H2,1-7H3/b32-24+,33-25+. The first-order valence-corrected chi connectivity index (χ1v) is 16.8. The van der Waals surface area contributed by atoms with Crippen molar-refractivity contribution in [3.8, 4) is 17.2 Å². The van der Waals surface area contributed by atoms with Crippen molar-refractivity contribution in [2.45, 2.75) is 126 Å². The Balaban J connectivity index is 2.14. The number of ether oxygens (including phenoxy) is 3. The molecule has 1 aromatic carbocycles. The van der Waals surface area contributed by atoms with Crippen LogP contribution in [0.4, 0.5) is 0 Å². The van der Waals surface area contributed by atoms with Crippen LogP contribution in [0.5, 0.6) is 17.2 Å². The number of fused-ring (bicyclic) bond motifs is 1. The zero-order valence-electron chi connectivity index (χ0n) is 28.7. The summed E-state index contributed by atoms with van der Waals surface area (Å²) in [6.07, 6.45) is 22.3. The molecule has 0 aliphatic rings. The molecule has 0 radical (unpaired) electrons. The molecule has 0 bridgehead atoms. The van der Waals surface area contributed by atoms with E-state index in [1.807, 2.05) is 12.1 Å². The number of unbranched alkanes of at least 4 members (excludes halogenated alkanes) is 7. The largest absolute Gasteiger partial charge is 0.489 e. The normalized spacial score (nSPS) is 11.9. The van der Waals surface area contributed by atoms with E-state index in [9.17, 15) is 4.79 Å². The van der Waals surface area contributed by atoms with Crippen LogP contribution < -0.4 is 19.8 Å².